The second-order valence-corrected chi connectivity index (χ2v) is 4.16. The Labute approximate surface area is 79.8 Å². The summed E-state index contributed by atoms with van der Waals surface area (Å²) in [5.41, 5.74) is 0. The smallest absolute Gasteiger partial charge is 0.146 e. The summed E-state index contributed by atoms with van der Waals surface area (Å²) in [5.74, 6) is 1.56. The van der Waals surface area contributed by atoms with Crippen LogP contribution in [-0.2, 0) is 9.47 Å². The summed E-state index contributed by atoms with van der Waals surface area (Å²) in [4.78, 5) is 0. The maximum atomic E-state index is 5.43. The van der Waals surface area contributed by atoms with Gasteiger partial charge in [-0.25, -0.2) is 0 Å². The molecule has 0 aromatic rings. The van der Waals surface area contributed by atoms with Crippen molar-refractivity contribution in [2.45, 2.75) is 19.3 Å². The molecule has 3 nitrogen and oxygen atoms in total. The minimum atomic E-state index is 0.493. The quantitative estimate of drug-likeness (QED) is 0.494. The molecule has 1 heterocycles. The number of hydrogen-bond donors (Lipinski definition) is 1. The Morgan fingerprint density at radius 2 is 1.77 bits per heavy atom. The largest absolute Gasteiger partial charge is 0.355 e. The molecule has 0 amide bonds. The lowest BCUT2D eigenvalue weighted by atomic mass is 10.1. The zero-order chi connectivity index (χ0) is 8.93. The minimum absolute atomic E-state index is 0.493. The van der Waals surface area contributed by atoms with Crippen LogP contribution in [0.3, 0.4) is 0 Å². The van der Waals surface area contributed by atoms with Crippen LogP contribution in [0, 0.1) is 11.8 Å². The van der Waals surface area contributed by atoms with Gasteiger partial charge in [0.1, 0.15) is 6.79 Å². The molecule has 1 aliphatic carbocycles. The van der Waals surface area contributed by atoms with Gasteiger partial charge in [-0.2, -0.15) is 0 Å². The summed E-state index contributed by atoms with van der Waals surface area (Å²) in [6, 6.07) is 0. The van der Waals surface area contributed by atoms with Crippen molar-refractivity contribution in [3.05, 3.63) is 0 Å². The molecule has 0 aromatic carbocycles. The molecule has 0 spiro atoms. The molecule has 1 saturated heterocycles. The van der Waals surface area contributed by atoms with Gasteiger partial charge >= 0.3 is 0 Å². The molecule has 0 aromatic heterocycles. The van der Waals surface area contributed by atoms with Gasteiger partial charge in [0.25, 0.3) is 0 Å². The van der Waals surface area contributed by atoms with Gasteiger partial charge in [0.15, 0.2) is 0 Å². The Bertz CT molecular complexity index is 142. The summed E-state index contributed by atoms with van der Waals surface area (Å²) < 4.78 is 10.8. The Balaban J connectivity index is 1.39. The first-order chi connectivity index (χ1) is 6.45. The monoisotopic (exact) mass is 185 g/mol. The van der Waals surface area contributed by atoms with E-state index in [9.17, 15) is 0 Å². The van der Waals surface area contributed by atoms with Crippen LogP contribution < -0.4 is 5.32 Å². The third kappa shape index (κ3) is 3.63. The van der Waals surface area contributed by atoms with Crippen molar-refractivity contribution in [1.82, 2.24) is 5.32 Å². The van der Waals surface area contributed by atoms with Crippen molar-refractivity contribution in [3.63, 3.8) is 0 Å². The van der Waals surface area contributed by atoms with Crippen LogP contribution in [0.5, 0.6) is 0 Å². The first-order valence-corrected chi connectivity index (χ1v) is 5.31. The molecule has 2 fully saturated rings. The van der Waals surface area contributed by atoms with Gasteiger partial charge in [-0.3, -0.25) is 0 Å². The van der Waals surface area contributed by atoms with E-state index in [4.69, 9.17) is 9.47 Å². The zero-order valence-corrected chi connectivity index (χ0v) is 8.13. The number of nitrogens with one attached hydrogen (secondary N) is 1. The van der Waals surface area contributed by atoms with Crippen molar-refractivity contribution < 1.29 is 9.47 Å². The van der Waals surface area contributed by atoms with Crippen molar-refractivity contribution in [2.75, 3.05) is 33.1 Å². The van der Waals surface area contributed by atoms with Crippen LogP contribution in [0.15, 0.2) is 0 Å². The van der Waals surface area contributed by atoms with E-state index in [1.807, 2.05) is 0 Å². The van der Waals surface area contributed by atoms with E-state index < -0.39 is 0 Å². The fourth-order valence-electron chi connectivity index (χ4n) is 1.63. The average molecular weight is 185 g/mol. The van der Waals surface area contributed by atoms with E-state index in [0.29, 0.717) is 12.7 Å². The summed E-state index contributed by atoms with van der Waals surface area (Å²) in [6.45, 7) is 4.52. The second kappa shape index (κ2) is 4.94. The van der Waals surface area contributed by atoms with E-state index >= 15 is 0 Å². The van der Waals surface area contributed by atoms with Gasteiger partial charge in [-0.05, 0) is 37.6 Å². The maximum Gasteiger partial charge on any atom is 0.146 e. The lowest BCUT2D eigenvalue weighted by Crippen LogP contribution is -2.15. The van der Waals surface area contributed by atoms with Gasteiger partial charge in [0.05, 0.1) is 13.2 Å². The predicted molar refractivity (Wildman–Crippen MR) is 50.5 cm³/mol. The van der Waals surface area contributed by atoms with Crippen molar-refractivity contribution in [3.8, 4) is 0 Å². The number of hydrogen-bond acceptors (Lipinski definition) is 3. The molecular formula is C10H19NO2. The van der Waals surface area contributed by atoms with Crippen molar-refractivity contribution in [1.29, 1.82) is 0 Å². The second-order valence-electron chi connectivity index (χ2n) is 4.16. The highest BCUT2D eigenvalue weighted by atomic mass is 16.7. The molecule has 0 radical (unpaired) electrons. The van der Waals surface area contributed by atoms with Crippen LogP contribution >= 0.6 is 0 Å². The lowest BCUT2D eigenvalue weighted by Gasteiger charge is -2.09. The first kappa shape index (κ1) is 9.44. The first-order valence-electron chi connectivity index (χ1n) is 5.31. The van der Waals surface area contributed by atoms with E-state index in [0.717, 1.165) is 32.2 Å². The van der Waals surface area contributed by atoms with E-state index in [2.05, 4.69) is 5.32 Å². The fourth-order valence-corrected chi connectivity index (χ4v) is 1.63. The van der Waals surface area contributed by atoms with Crippen molar-refractivity contribution >= 4 is 0 Å². The third-order valence-electron chi connectivity index (χ3n) is 2.73. The Morgan fingerprint density at radius 3 is 2.38 bits per heavy atom. The average Bonchev–Trinajstić information content (AvgIpc) is 2.81. The Morgan fingerprint density at radius 1 is 1.00 bits per heavy atom. The van der Waals surface area contributed by atoms with E-state index in [1.165, 1.54) is 19.3 Å². The minimum Gasteiger partial charge on any atom is -0.355 e. The fraction of sp³-hybridized carbons (Fsp3) is 1.00. The molecule has 76 valence electrons. The highest BCUT2D eigenvalue weighted by molar-refractivity contribution is 4.72. The summed E-state index contributed by atoms with van der Waals surface area (Å²) >= 11 is 0. The zero-order valence-electron chi connectivity index (χ0n) is 8.13. The van der Waals surface area contributed by atoms with Gasteiger partial charge in [-0.15, -0.1) is 0 Å². The molecular weight excluding hydrogens is 166 g/mol. The van der Waals surface area contributed by atoms with Gasteiger partial charge in [0, 0.05) is 6.54 Å². The Hall–Kier alpha value is -0.120. The topological polar surface area (TPSA) is 30.5 Å². The van der Waals surface area contributed by atoms with Crippen LogP contribution in [0.1, 0.15) is 19.3 Å². The molecule has 1 aliphatic heterocycles. The highest BCUT2D eigenvalue weighted by Gasteiger charge is 2.21. The highest BCUT2D eigenvalue weighted by Crippen LogP contribution is 2.28. The van der Waals surface area contributed by atoms with Gasteiger partial charge < -0.3 is 14.8 Å². The number of ether oxygens (including phenoxy) is 2. The standard InChI is InChI=1S/C10H19NO2/c1-2-9(1)6-12-8-13-7-10-3-4-11-5-10/h9-11H,1-8H2. The van der Waals surface area contributed by atoms with Gasteiger partial charge in [0.2, 0.25) is 0 Å². The molecule has 2 rings (SSSR count). The predicted octanol–water partition coefficient (Wildman–Crippen LogP) is 0.997. The molecule has 1 N–H and O–H groups in total. The number of rotatable bonds is 6. The van der Waals surface area contributed by atoms with Gasteiger partial charge in [-0.1, -0.05) is 0 Å². The third-order valence-corrected chi connectivity index (χ3v) is 2.73. The van der Waals surface area contributed by atoms with Crippen LogP contribution in [0.4, 0.5) is 0 Å². The van der Waals surface area contributed by atoms with Crippen LogP contribution in [0.2, 0.25) is 0 Å². The SMILES string of the molecule is C1CC(COCOCC2CC2)CN1. The van der Waals surface area contributed by atoms with Crippen LogP contribution in [0.25, 0.3) is 0 Å². The van der Waals surface area contributed by atoms with Crippen molar-refractivity contribution in [2.24, 2.45) is 11.8 Å². The molecule has 1 saturated carbocycles. The maximum absolute atomic E-state index is 5.43. The lowest BCUT2D eigenvalue weighted by molar-refractivity contribution is -0.0658. The Kier molecular flexibility index (Phi) is 3.58. The normalized spacial score (nSPS) is 28.2. The molecule has 0 bridgehead atoms. The molecule has 1 unspecified atom stereocenters. The summed E-state index contributed by atoms with van der Waals surface area (Å²) in [5, 5.41) is 3.32. The summed E-state index contributed by atoms with van der Waals surface area (Å²) in [7, 11) is 0. The molecule has 2 aliphatic rings. The molecule has 1 atom stereocenters. The van der Waals surface area contributed by atoms with Crippen LogP contribution in [-0.4, -0.2) is 33.1 Å². The summed E-state index contributed by atoms with van der Waals surface area (Å²) in [6.07, 6.45) is 3.96. The molecule has 3 heteroatoms. The van der Waals surface area contributed by atoms with E-state index in [1.54, 1.807) is 0 Å². The molecule has 13 heavy (non-hydrogen) atoms. The van der Waals surface area contributed by atoms with E-state index in [-0.39, 0.29) is 0 Å².